The predicted octanol–water partition coefficient (Wildman–Crippen LogP) is 3.27. The van der Waals surface area contributed by atoms with Gasteiger partial charge in [0.05, 0.1) is 12.2 Å². The number of anilines is 1. The molecule has 1 saturated carbocycles. The highest BCUT2D eigenvalue weighted by molar-refractivity contribution is 5.82. The highest BCUT2D eigenvalue weighted by atomic mass is 19.1. The van der Waals surface area contributed by atoms with Gasteiger partial charge in [0.15, 0.2) is 0 Å². The SMILES string of the molecule is [C-]#[N+]c1cc(N2CCC(C(=O)N3N=CCC3c3cncc(F)c3)CC23CC3)ncn1. The van der Waals surface area contributed by atoms with Crippen molar-refractivity contribution in [2.45, 2.75) is 43.7 Å². The standard InChI is InChI=1S/C21H20FN7O/c1-23-18-9-19(26-13-25-18)28-7-3-14(10-21(28)4-5-21)20(30)29-17(2-6-27-29)15-8-16(22)12-24-11-15/h6,8-9,11-14,17H,2-5,7,10H2. The van der Waals surface area contributed by atoms with Crippen LogP contribution >= 0.6 is 0 Å². The molecule has 3 aliphatic rings. The van der Waals surface area contributed by atoms with E-state index in [0.29, 0.717) is 30.8 Å². The molecule has 2 atom stereocenters. The minimum Gasteiger partial charge on any atom is -0.360 e. The Kier molecular flexibility index (Phi) is 4.42. The van der Waals surface area contributed by atoms with Crippen LogP contribution in [0.3, 0.4) is 0 Å². The summed E-state index contributed by atoms with van der Waals surface area (Å²) in [6.45, 7) is 7.87. The molecule has 1 spiro atoms. The maximum atomic E-state index is 13.6. The predicted molar refractivity (Wildman–Crippen MR) is 107 cm³/mol. The van der Waals surface area contributed by atoms with Crippen molar-refractivity contribution in [1.29, 1.82) is 0 Å². The fraction of sp³-hybridized carbons (Fsp3) is 0.429. The monoisotopic (exact) mass is 405 g/mol. The average molecular weight is 405 g/mol. The second-order valence-electron chi connectivity index (χ2n) is 8.08. The van der Waals surface area contributed by atoms with Crippen molar-refractivity contribution in [3.05, 3.63) is 53.7 Å². The van der Waals surface area contributed by atoms with E-state index in [0.717, 1.165) is 31.3 Å². The molecule has 5 rings (SSSR count). The van der Waals surface area contributed by atoms with Crippen LogP contribution in [-0.4, -0.2) is 44.2 Å². The lowest BCUT2D eigenvalue weighted by Gasteiger charge is -2.41. The number of halogens is 1. The zero-order chi connectivity index (χ0) is 20.7. The van der Waals surface area contributed by atoms with E-state index in [1.807, 2.05) is 0 Å². The summed E-state index contributed by atoms with van der Waals surface area (Å²) in [6, 6.07) is 2.83. The quantitative estimate of drug-likeness (QED) is 0.733. The zero-order valence-electron chi connectivity index (χ0n) is 16.3. The van der Waals surface area contributed by atoms with Gasteiger partial charge in [-0.3, -0.25) is 9.78 Å². The Balaban J connectivity index is 1.34. The maximum absolute atomic E-state index is 13.6. The highest BCUT2D eigenvalue weighted by Gasteiger charge is 2.54. The number of hydrogen-bond donors (Lipinski definition) is 0. The fourth-order valence-electron chi connectivity index (χ4n) is 4.63. The van der Waals surface area contributed by atoms with Gasteiger partial charge in [-0.1, -0.05) is 6.57 Å². The van der Waals surface area contributed by atoms with Crippen LogP contribution in [0.5, 0.6) is 0 Å². The van der Waals surface area contributed by atoms with Gasteiger partial charge >= 0.3 is 0 Å². The molecule has 0 aromatic carbocycles. The summed E-state index contributed by atoms with van der Waals surface area (Å²) >= 11 is 0. The van der Waals surface area contributed by atoms with Gasteiger partial charge in [0.25, 0.3) is 5.82 Å². The molecule has 1 aliphatic carbocycles. The zero-order valence-corrected chi connectivity index (χ0v) is 16.3. The number of hydrogen-bond acceptors (Lipinski definition) is 6. The third-order valence-electron chi connectivity index (χ3n) is 6.27. The minimum atomic E-state index is -0.416. The van der Waals surface area contributed by atoms with E-state index in [2.05, 4.69) is 29.8 Å². The van der Waals surface area contributed by atoms with Crippen molar-refractivity contribution in [2.24, 2.45) is 11.0 Å². The third kappa shape index (κ3) is 3.18. The van der Waals surface area contributed by atoms with Crippen molar-refractivity contribution >= 4 is 23.8 Å². The van der Waals surface area contributed by atoms with Gasteiger partial charge in [-0.15, -0.1) is 4.98 Å². The topological polar surface area (TPSA) is 78.9 Å². The Bertz CT molecular complexity index is 1060. The van der Waals surface area contributed by atoms with Gasteiger partial charge in [-0.2, -0.15) is 10.1 Å². The van der Waals surface area contributed by atoms with Crippen LogP contribution in [0.1, 0.15) is 43.7 Å². The normalized spacial score (nSPS) is 24.1. The fourth-order valence-corrected chi connectivity index (χ4v) is 4.63. The first-order valence-corrected chi connectivity index (χ1v) is 10.0. The third-order valence-corrected chi connectivity index (χ3v) is 6.27. The maximum Gasteiger partial charge on any atom is 0.274 e. The molecule has 0 radical (unpaired) electrons. The molecule has 9 heteroatoms. The highest BCUT2D eigenvalue weighted by Crippen LogP contribution is 2.52. The molecule has 2 aromatic rings. The van der Waals surface area contributed by atoms with Crippen LogP contribution in [0.2, 0.25) is 0 Å². The van der Waals surface area contributed by atoms with E-state index in [4.69, 9.17) is 6.57 Å². The molecule has 2 fully saturated rings. The van der Waals surface area contributed by atoms with Gasteiger partial charge in [0.1, 0.15) is 11.6 Å². The van der Waals surface area contributed by atoms with Crippen molar-refractivity contribution in [2.75, 3.05) is 11.4 Å². The van der Waals surface area contributed by atoms with E-state index in [-0.39, 0.29) is 23.4 Å². The Morgan fingerprint density at radius 3 is 2.90 bits per heavy atom. The Hall–Kier alpha value is -3.41. The molecule has 1 saturated heterocycles. The smallest absolute Gasteiger partial charge is 0.274 e. The largest absolute Gasteiger partial charge is 0.360 e. The number of carbonyl (C=O) groups is 1. The number of hydrazone groups is 1. The first-order chi connectivity index (χ1) is 14.6. The molecule has 152 valence electrons. The Morgan fingerprint density at radius 1 is 1.27 bits per heavy atom. The molecular formula is C21H20FN7O. The van der Waals surface area contributed by atoms with Gasteiger partial charge in [0.2, 0.25) is 12.2 Å². The molecular weight excluding hydrogens is 385 g/mol. The summed E-state index contributed by atoms with van der Waals surface area (Å²) in [5.74, 6) is 0.494. The summed E-state index contributed by atoms with van der Waals surface area (Å²) in [5, 5.41) is 5.82. The number of amides is 1. The van der Waals surface area contributed by atoms with E-state index in [9.17, 15) is 9.18 Å². The van der Waals surface area contributed by atoms with E-state index < -0.39 is 5.82 Å². The Morgan fingerprint density at radius 2 is 2.13 bits per heavy atom. The van der Waals surface area contributed by atoms with Gasteiger partial charge in [-0.05, 0) is 37.3 Å². The van der Waals surface area contributed by atoms with E-state index >= 15 is 0 Å². The van der Waals surface area contributed by atoms with Crippen molar-refractivity contribution in [3.63, 3.8) is 0 Å². The molecule has 8 nitrogen and oxygen atoms in total. The first kappa shape index (κ1) is 18.6. The van der Waals surface area contributed by atoms with Crippen molar-refractivity contribution in [3.8, 4) is 0 Å². The molecule has 4 heterocycles. The summed E-state index contributed by atoms with van der Waals surface area (Å²) in [7, 11) is 0. The number of pyridine rings is 1. The molecule has 0 bridgehead atoms. The van der Waals surface area contributed by atoms with E-state index in [1.54, 1.807) is 18.5 Å². The lowest BCUT2D eigenvalue weighted by Crippen LogP contribution is -2.48. The summed E-state index contributed by atoms with van der Waals surface area (Å²) in [5.41, 5.74) is 0.568. The van der Waals surface area contributed by atoms with Gasteiger partial charge in [0, 0.05) is 42.9 Å². The molecule has 2 aromatic heterocycles. The van der Waals surface area contributed by atoms with Crippen LogP contribution in [0, 0.1) is 18.3 Å². The summed E-state index contributed by atoms with van der Waals surface area (Å²) in [6.07, 6.45) is 9.84. The second-order valence-corrected chi connectivity index (χ2v) is 8.08. The van der Waals surface area contributed by atoms with Crippen molar-refractivity contribution in [1.82, 2.24) is 20.0 Å². The lowest BCUT2D eigenvalue weighted by molar-refractivity contribution is -0.138. The van der Waals surface area contributed by atoms with Crippen LogP contribution in [0.15, 0.2) is 36.0 Å². The van der Waals surface area contributed by atoms with Crippen LogP contribution in [-0.2, 0) is 4.79 Å². The van der Waals surface area contributed by atoms with Crippen LogP contribution in [0.4, 0.5) is 16.0 Å². The number of rotatable bonds is 3. The second kappa shape index (κ2) is 7.13. The number of aromatic nitrogens is 3. The average Bonchev–Trinajstić information content (AvgIpc) is 3.34. The number of piperidine rings is 1. The molecule has 0 N–H and O–H groups in total. The molecule has 1 amide bonds. The number of nitrogens with zero attached hydrogens (tertiary/aromatic N) is 7. The van der Waals surface area contributed by atoms with Gasteiger partial charge < -0.3 is 9.74 Å². The molecule has 2 aliphatic heterocycles. The first-order valence-electron chi connectivity index (χ1n) is 10.0. The Labute approximate surface area is 173 Å². The molecule has 2 unspecified atom stereocenters. The van der Waals surface area contributed by atoms with Crippen molar-refractivity contribution < 1.29 is 9.18 Å². The van der Waals surface area contributed by atoms with Crippen LogP contribution < -0.4 is 4.90 Å². The summed E-state index contributed by atoms with van der Waals surface area (Å²) < 4.78 is 13.6. The van der Waals surface area contributed by atoms with Gasteiger partial charge in [-0.25, -0.2) is 9.40 Å². The molecule has 30 heavy (non-hydrogen) atoms. The lowest BCUT2D eigenvalue weighted by atomic mass is 9.87. The summed E-state index contributed by atoms with van der Waals surface area (Å²) in [4.78, 5) is 31.2. The minimum absolute atomic E-state index is 0.0199. The van der Waals surface area contributed by atoms with Crippen LogP contribution in [0.25, 0.3) is 4.85 Å². The van der Waals surface area contributed by atoms with E-state index in [1.165, 1.54) is 17.4 Å². The number of carbonyl (C=O) groups excluding carboxylic acids is 1.